The van der Waals surface area contributed by atoms with Gasteiger partial charge in [0.1, 0.15) is 11.8 Å². The Morgan fingerprint density at radius 3 is 2.84 bits per heavy atom. The number of halogens is 3. The Morgan fingerprint density at radius 2 is 2.19 bits per heavy atom. The predicted octanol–water partition coefficient (Wildman–Crippen LogP) is 1.79. The number of nitriles is 1. The fourth-order valence-corrected chi connectivity index (χ4v) is 3.44. The van der Waals surface area contributed by atoms with E-state index in [4.69, 9.17) is 11.0 Å². The van der Waals surface area contributed by atoms with Gasteiger partial charge in [-0.3, -0.25) is 9.78 Å². The van der Waals surface area contributed by atoms with Crippen LogP contribution < -0.4 is 10.6 Å². The predicted molar refractivity (Wildman–Crippen MR) is 103 cm³/mol. The smallest absolute Gasteiger partial charge is 0.287 e. The molecule has 160 valence electrons. The number of anilines is 1. The molecule has 31 heavy (non-hydrogen) atoms. The number of nitrogens with two attached hydrogens (primary N) is 1. The van der Waals surface area contributed by atoms with Gasteiger partial charge in [0, 0.05) is 32.3 Å². The Labute approximate surface area is 174 Å². The van der Waals surface area contributed by atoms with E-state index in [1.807, 2.05) is 0 Å². The zero-order chi connectivity index (χ0) is 22.4. The molecule has 9 nitrogen and oxygen atoms in total. The number of rotatable bonds is 5. The normalized spacial score (nSPS) is 19.0. The Bertz CT molecular complexity index is 1220. The summed E-state index contributed by atoms with van der Waals surface area (Å²) >= 11 is 0. The van der Waals surface area contributed by atoms with Gasteiger partial charge >= 0.3 is 0 Å². The van der Waals surface area contributed by atoms with Crippen molar-refractivity contribution >= 4 is 22.6 Å². The van der Waals surface area contributed by atoms with Gasteiger partial charge in [-0.1, -0.05) is 0 Å². The first kappa shape index (κ1) is 20.5. The van der Waals surface area contributed by atoms with Gasteiger partial charge < -0.3 is 10.6 Å². The lowest BCUT2D eigenvalue weighted by Crippen LogP contribution is -2.27. The van der Waals surface area contributed by atoms with Crippen molar-refractivity contribution in [1.82, 2.24) is 24.7 Å². The summed E-state index contributed by atoms with van der Waals surface area (Å²) < 4.78 is 43.3. The number of alkyl halides is 3. The summed E-state index contributed by atoms with van der Waals surface area (Å²) in [6.07, 6.45) is 2.48. The van der Waals surface area contributed by atoms with Crippen LogP contribution in [-0.2, 0) is 17.1 Å². The molecule has 4 rings (SSSR count). The summed E-state index contributed by atoms with van der Waals surface area (Å²) in [4.78, 5) is 25.1. The Kier molecular flexibility index (Phi) is 4.76. The molecule has 0 radical (unpaired) electrons. The van der Waals surface area contributed by atoms with Crippen LogP contribution in [-0.4, -0.2) is 49.4 Å². The minimum atomic E-state index is -3.20. The maximum atomic E-state index is 14.5. The second-order valence-electron chi connectivity index (χ2n) is 7.45. The van der Waals surface area contributed by atoms with Gasteiger partial charge in [-0.2, -0.15) is 18.7 Å². The van der Waals surface area contributed by atoms with Crippen LogP contribution >= 0.6 is 0 Å². The molecule has 12 heteroatoms. The zero-order valence-electron chi connectivity index (χ0n) is 16.4. The van der Waals surface area contributed by atoms with Crippen molar-refractivity contribution in [2.75, 3.05) is 18.0 Å². The maximum Gasteiger partial charge on any atom is 0.287 e. The highest BCUT2D eigenvalue weighted by Crippen LogP contribution is 2.34. The first-order valence-electron chi connectivity index (χ1n) is 9.32. The van der Waals surface area contributed by atoms with E-state index in [9.17, 15) is 18.0 Å². The molecule has 3 aromatic heterocycles. The van der Waals surface area contributed by atoms with Gasteiger partial charge in [0.2, 0.25) is 11.6 Å². The second-order valence-corrected chi connectivity index (χ2v) is 7.45. The van der Waals surface area contributed by atoms with Crippen LogP contribution in [0.3, 0.4) is 0 Å². The van der Waals surface area contributed by atoms with Crippen molar-refractivity contribution in [1.29, 1.82) is 5.26 Å². The molecule has 1 atom stereocenters. The molecule has 2 N–H and O–H groups in total. The Hall–Kier alpha value is -3.75. The van der Waals surface area contributed by atoms with E-state index >= 15 is 0 Å². The highest BCUT2D eigenvalue weighted by molar-refractivity contribution is 5.92. The minimum absolute atomic E-state index is 0.000910. The monoisotopic (exact) mass is 430 g/mol. The van der Waals surface area contributed by atoms with Gasteiger partial charge in [0.15, 0.2) is 5.82 Å². The van der Waals surface area contributed by atoms with E-state index < -0.39 is 23.2 Å². The molecule has 1 fully saturated rings. The summed E-state index contributed by atoms with van der Waals surface area (Å²) in [5.74, 6) is -3.62. The molecule has 4 heterocycles. The lowest BCUT2D eigenvalue weighted by molar-refractivity contribution is -0.117. The fraction of sp³-hybridized carbons (Fsp3) is 0.368. The topological polar surface area (TPSA) is 127 Å². The van der Waals surface area contributed by atoms with E-state index in [0.717, 1.165) is 6.07 Å². The van der Waals surface area contributed by atoms with Gasteiger partial charge in [-0.25, -0.2) is 14.4 Å². The van der Waals surface area contributed by atoms with Crippen molar-refractivity contribution < 1.29 is 18.0 Å². The highest BCUT2D eigenvalue weighted by atomic mass is 19.3. The number of hydrogen-bond donors (Lipinski definition) is 1. The minimum Gasteiger partial charge on any atom is -0.369 e. The molecule has 1 aliphatic heterocycles. The van der Waals surface area contributed by atoms with Crippen LogP contribution in [0, 0.1) is 11.3 Å². The van der Waals surface area contributed by atoms with Gasteiger partial charge in [-0.15, -0.1) is 5.10 Å². The first-order chi connectivity index (χ1) is 14.6. The summed E-state index contributed by atoms with van der Waals surface area (Å²) in [5.41, 5.74) is 3.45. The number of primary amides is 1. The molecular weight excluding hydrogens is 413 g/mol. The lowest BCUT2D eigenvalue weighted by atomic mass is 10.1. The average molecular weight is 430 g/mol. The molecule has 0 bridgehead atoms. The SMILES string of the molecule is CC(F)(F)c1ccnc(-n2nc(N3CCC(F)(C#N)C3)c3cnc(CC(N)=O)cc32)n1. The molecule has 1 amide bonds. The van der Waals surface area contributed by atoms with E-state index in [0.29, 0.717) is 29.3 Å². The van der Waals surface area contributed by atoms with Crippen LogP contribution in [0.15, 0.2) is 24.5 Å². The Morgan fingerprint density at radius 1 is 1.42 bits per heavy atom. The van der Waals surface area contributed by atoms with Crippen molar-refractivity contribution in [3.63, 3.8) is 0 Å². The van der Waals surface area contributed by atoms with Crippen molar-refractivity contribution in [3.8, 4) is 12.0 Å². The standard InChI is InChI=1S/C19H17F3N8O/c1-18(20,21)14-2-4-25-17(27-14)30-13-6-11(7-15(24)31)26-8-12(13)16(28-30)29-5-3-19(22,9-23)10-29/h2,4,6,8H,3,5,7,10H2,1H3,(H2,24,31). The molecule has 1 unspecified atom stereocenters. The number of carbonyl (C=O) groups is 1. The van der Waals surface area contributed by atoms with Crippen molar-refractivity contribution in [2.45, 2.75) is 31.4 Å². The van der Waals surface area contributed by atoms with Gasteiger partial charge in [0.05, 0.1) is 29.6 Å². The fourth-order valence-electron chi connectivity index (χ4n) is 3.44. The van der Waals surface area contributed by atoms with Crippen LogP contribution in [0.25, 0.3) is 16.9 Å². The molecule has 1 saturated heterocycles. The summed E-state index contributed by atoms with van der Waals surface area (Å²) in [6, 6.07) is 4.29. The third-order valence-electron chi connectivity index (χ3n) is 4.96. The third kappa shape index (κ3) is 3.86. The molecule has 0 aliphatic carbocycles. The number of amides is 1. The number of nitrogens with zero attached hydrogens (tertiary/aromatic N) is 7. The maximum absolute atomic E-state index is 14.5. The van der Waals surface area contributed by atoms with Crippen LogP contribution in [0.5, 0.6) is 0 Å². The van der Waals surface area contributed by atoms with Crippen LogP contribution in [0.1, 0.15) is 24.7 Å². The molecule has 1 aliphatic rings. The third-order valence-corrected chi connectivity index (χ3v) is 4.96. The molecular formula is C19H17F3N8O. The number of carbonyl (C=O) groups excluding carboxylic acids is 1. The first-order valence-corrected chi connectivity index (χ1v) is 9.32. The summed E-state index contributed by atoms with van der Waals surface area (Å²) in [7, 11) is 0. The largest absolute Gasteiger partial charge is 0.369 e. The van der Waals surface area contributed by atoms with Crippen LogP contribution in [0.2, 0.25) is 0 Å². The number of pyridine rings is 1. The highest BCUT2D eigenvalue weighted by Gasteiger charge is 2.40. The van der Waals surface area contributed by atoms with Crippen molar-refractivity contribution in [3.05, 3.63) is 35.9 Å². The van der Waals surface area contributed by atoms with E-state index in [1.54, 1.807) is 11.0 Å². The lowest BCUT2D eigenvalue weighted by Gasteiger charge is -2.15. The molecule has 0 aromatic carbocycles. The average Bonchev–Trinajstić information content (AvgIpc) is 3.28. The summed E-state index contributed by atoms with van der Waals surface area (Å²) in [5, 5.41) is 14.0. The second kappa shape index (κ2) is 7.19. The number of hydrogen-bond acceptors (Lipinski definition) is 7. The molecule has 0 saturated carbocycles. The zero-order valence-corrected chi connectivity index (χ0v) is 16.4. The number of aromatic nitrogens is 5. The molecule has 3 aromatic rings. The quantitative estimate of drug-likeness (QED) is 0.654. The number of fused-ring (bicyclic) bond motifs is 1. The van der Waals surface area contributed by atoms with E-state index in [2.05, 4.69) is 20.1 Å². The van der Waals surface area contributed by atoms with Crippen molar-refractivity contribution in [2.24, 2.45) is 5.73 Å². The van der Waals surface area contributed by atoms with Crippen LogP contribution in [0.4, 0.5) is 19.0 Å². The Balaban J connectivity index is 1.88. The summed E-state index contributed by atoms with van der Waals surface area (Å²) in [6.45, 7) is 0.743. The van der Waals surface area contributed by atoms with E-state index in [1.165, 1.54) is 23.1 Å². The van der Waals surface area contributed by atoms with Gasteiger partial charge in [-0.05, 0) is 12.1 Å². The van der Waals surface area contributed by atoms with E-state index in [-0.39, 0.29) is 31.9 Å². The van der Waals surface area contributed by atoms with Gasteiger partial charge in [0.25, 0.3) is 11.9 Å². The molecule has 0 spiro atoms.